The molecule has 0 radical (unpaired) electrons. The number of halogens is 1. The molecule has 0 aliphatic carbocycles. The van der Waals surface area contributed by atoms with Gasteiger partial charge in [-0.05, 0) is 78.9 Å². The van der Waals surface area contributed by atoms with Crippen LogP contribution in [0.4, 0.5) is 11.6 Å². The fourth-order valence-corrected chi connectivity index (χ4v) is 9.91. The van der Waals surface area contributed by atoms with Crippen molar-refractivity contribution in [3.63, 3.8) is 0 Å². The lowest BCUT2D eigenvalue weighted by atomic mass is 9.77. The number of imide groups is 2. The van der Waals surface area contributed by atoms with Crippen LogP contribution in [0, 0.1) is 11.3 Å². The summed E-state index contributed by atoms with van der Waals surface area (Å²) in [5, 5.41) is 12.3. The zero-order valence-electron chi connectivity index (χ0n) is 35.7. The highest BCUT2D eigenvalue weighted by Gasteiger charge is 2.45. The number of nitrogens with zero attached hydrogens (tertiary/aromatic N) is 8. The number of nitriles is 1. The molecule has 0 bridgehead atoms. The molecule has 1 unspecified atom stereocenters. The Balaban J connectivity index is 0.719. The number of fused-ring (bicyclic) bond motifs is 1. The summed E-state index contributed by atoms with van der Waals surface area (Å²) in [5.41, 5.74) is 4.26. The number of carbonyl (C=O) groups is 4. The van der Waals surface area contributed by atoms with Gasteiger partial charge in [-0.1, -0.05) is 37.6 Å². The van der Waals surface area contributed by atoms with Gasteiger partial charge >= 0.3 is 0 Å². The summed E-state index contributed by atoms with van der Waals surface area (Å²) in [6, 6.07) is 21.1. The third-order valence-corrected chi connectivity index (χ3v) is 13.8. The maximum Gasteiger partial charge on any atom is 0.262 e. The zero-order chi connectivity index (χ0) is 44.0. The van der Waals surface area contributed by atoms with Gasteiger partial charge in [0.15, 0.2) is 5.75 Å². The Labute approximate surface area is 371 Å². The first-order valence-corrected chi connectivity index (χ1v) is 22.0. The van der Waals surface area contributed by atoms with Crippen LogP contribution < -0.4 is 24.6 Å². The van der Waals surface area contributed by atoms with Crippen LogP contribution in [0.15, 0.2) is 66.9 Å². The Kier molecular flexibility index (Phi) is 11.6. The Bertz CT molecular complexity index is 2490. The summed E-state index contributed by atoms with van der Waals surface area (Å²) < 4.78 is 11.5. The van der Waals surface area contributed by atoms with E-state index in [1.807, 2.05) is 48.5 Å². The Morgan fingerprint density at radius 3 is 2.24 bits per heavy atom. The van der Waals surface area contributed by atoms with Crippen molar-refractivity contribution in [2.75, 3.05) is 69.3 Å². The molecule has 4 aromatic rings. The van der Waals surface area contributed by atoms with E-state index in [0.717, 1.165) is 104 Å². The summed E-state index contributed by atoms with van der Waals surface area (Å²) in [7, 11) is 1.51. The number of piperidine rings is 2. The van der Waals surface area contributed by atoms with Crippen LogP contribution in [0.2, 0.25) is 5.02 Å². The third kappa shape index (κ3) is 8.19. The predicted molar refractivity (Wildman–Crippen MR) is 235 cm³/mol. The second kappa shape index (κ2) is 17.2. The molecule has 4 fully saturated rings. The second-order valence-electron chi connectivity index (χ2n) is 17.5. The summed E-state index contributed by atoms with van der Waals surface area (Å²) in [6.45, 7) is 11.9. The zero-order valence-corrected chi connectivity index (χ0v) is 36.4. The monoisotopic (exact) mass is 871 g/mol. The largest absolute Gasteiger partial charge is 0.494 e. The van der Waals surface area contributed by atoms with Gasteiger partial charge in [0.05, 0.1) is 34.5 Å². The number of piperazine rings is 1. The SMILES string of the molecule is COc1c(Cl)cc(C(C)(C)c2ccc(OCc3ccnc(N4CCN(C5CCN(C6CN(c7ccc8c(c7)C(=O)N(C7CCC(=O)NC7=O)C8=O)C6)CC5)CC4)n3)cc2)cc1C#N. The molecule has 63 heavy (non-hydrogen) atoms. The molecule has 3 aromatic carbocycles. The molecule has 4 saturated heterocycles. The van der Waals surface area contributed by atoms with Crippen LogP contribution in [0.1, 0.15) is 82.6 Å². The van der Waals surface area contributed by atoms with Crippen LogP contribution in [0.5, 0.6) is 11.5 Å². The number of anilines is 2. The Hall–Kier alpha value is -6.08. The molecule has 0 spiro atoms. The highest BCUT2D eigenvalue weighted by atomic mass is 35.5. The first-order chi connectivity index (χ1) is 30.4. The third-order valence-electron chi connectivity index (χ3n) is 13.5. The number of nitrogens with one attached hydrogen (secondary N) is 1. The number of methoxy groups -OCH3 is 1. The minimum absolute atomic E-state index is 0.0949. The summed E-state index contributed by atoms with van der Waals surface area (Å²) in [4.78, 5) is 70.7. The van der Waals surface area contributed by atoms with E-state index in [1.165, 1.54) is 7.11 Å². The molecule has 16 heteroatoms. The van der Waals surface area contributed by atoms with E-state index >= 15 is 0 Å². The van der Waals surface area contributed by atoms with Gasteiger partial charge in [-0.2, -0.15) is 5.26 Å². The second-order valence-corrected chi connectivity index (χ2v) is 17.9. The average Bonchev–Trinajstić information content (AvgIpc) is 3.53. The predicted octanol–water partition coefficient (Wildman–Crippen LogP) is 4.79. The molecule has 1 N–H and O–H groups in total. The van der Waals surface area contributed by atoms with Gasteiger partial charge in [0.25, 0.3) is 11.8 Å². The number of ether oxygens (including phenoxy) is 2. The Morgan fingerprint density at radius 1 is 0.825 bits per heavy atom. The molecular formula is C47H50ClN9O6. The van der Waals surface area contributed by atoms with Gasteiger partial charge in [-0.25, -0.2) is 9.97 Å². The van der Waals surface area contributed by atoms with E-state index < -0.39 is 29.2 Å². The van der Waals surface area contributed by atoms with E-state index in [4.69, 9.17) is 26.1 Å². The normalized spacial score (nSPS) is 20.4. The molecule has 1 atom stereocenters. The standard InChI is InChI=1S/C47H50ClN9O6/c1-47(2,31-22-29(25-49)42(62-3)39(48)23-31)30-4-7-36(8-5-30)63-28-32-12-15-50-46(51-32)55-20-18-54(19-21-55)33-13-16-53(17-14-33)35-26-56(27-35)34-6-9-37-38(24-34)45(61)57(44(37)60)40-10-11-41(58)52-43(40)59/h4-9,12,15,22-24,33,35,40H,10-11,13-14,16-21,26-28H2,1-3H3,(H,52,58,59). The van der Waals surface area contributed by atoms with Gasteiger partial charge in [0, 0.05) is 88.2 Å². The average molecular weight is 872 g/mol. The first kappa shape index (κ1) is 42.2. The quantitative estimate of drug-likeness (QED) is 0.205. The van der Waals surface area contributed by atoms with Gasteiger partial charge in [-0.3, -0.25) is 39.2 Å². The molecule has 9 rings (SSSR count). The maximum absolute atomic E-state index is 13.3. The molecular weight excluding hydrogens is 822 g/mol. The fourth-order valence-electron chi connectivity index (χ4n) is 9.61. The minimum atomic E-state index is -0.969. The van der Waals surface area contributed by atoms with Gasteiger partial charge in [0.1, 0.15) is 24.5 Å². The lowest BCUT2D eigenvalue weighted by molar-refractivity contribution is -0.136. The number of amides is 4. The van der Waals surface area contributed by atoms with Crippen molar-refractivity contribution in [3.8, 4) is 17.6 Å². The molecule has 0 saturated carbocycles. The number of aromatic nitrogens is 2. The van der Waals surface area contributed by atoms with E-state index in [0.29, 0.717) is 46.2 Å². The highest BCUT2D eigenvalue weighted by Crippen LogP contribution is 2.39. The van der Waals surface area contributed by atoms with Crippen molar-refractivity contribution >= 4 is 46.9 Å². The van der Waals surface area contributed by atoms with Crippen LogP contribution in [-0.2, 0) is 21.6 Å². The molecule has 5 aliphatic heterocycles. The minimum Gasteiger partial charge on any atom is -0.494 e. The number of hydrogen-bond donors (Lipinski definition) is 1. The molecule has 15 nitrogen and oxygen atoms in total. The molecule has 5 aliphatic rings. The smallest absolute Gasteiger partial charge is 0.262 e. The van der Waals surface area contributed by atoms with Crippen LogP contribution in [0.3, 0.4) is 0 Å². The lowest BCUT2D eigenvalue weighted by Crippen LogP contribution is -2.62. The number of rotatable bonds is 11. The summed E-state index contributed by atoms with van der Waals surface area (Å²) in [5.74, 6) is -0.124. The molecule has 6 heterocycles. The van der Waals surface area contributed by atoms with Crippen molar-refractivity contribution in [1.82, 2.24) is 30.0 Å². The van der Waals surface area contributed by atoms with Crippen molar-refractivity contribution in [2.24, 2.45) is 0 Å². The van der Waals surface area contributed by atoms with Crippen molar-refractivity contribution in [3.05, 3.63) is 105 Å². The maximum atomic E-state index is 13.3. The van der Waals surface area contributed by atoms with E-state index in [9.17, 15) is 24.4 Å². The van der Waals surface area contributed by atoms with Gasteiger partial charge < -0.3 is 19.3 Å². The number of likely N-dealkylation sites (tertiary alicyclic amines) is 1. The first-order valence-electron chi connectivity index (χ1n) is 21.6. The van der Waals surface area contributed by atoms with Crippen LogP contribution in [0.25, 0.3) is 0 Å². The van der Waals surface area contributed by atoms with E-state index in [2.05, 4.69) is 49.8 Å². The summed E-state index contributed by atoms with van der Waals surface area (Å²) >= 11 is 6.46. The van der Waals surface area contributed by atoms with E-state index in [1.54, 1.807) is 18.3 Å². The molecule has 326 valence electrons. The Morgan fingerprint density at radius 2 is 1.54 bits per heavy atom. The fraction of sp³-hybridized carbons (Fsp3) is 0.426. The molecule has 4 amide bonds. The summed E-state index contributed by atoms with van der Waals surface area (Å²) in [6.07, 6.45) is 4.26. The molecule has 1 aromatic heterocycles. The highest BCUT2D eigenvalue weighted by molar-refractivity contribution is 6.32. The number of hydrogen-bond acceptors (Lipinski definition) is 13. The topological polar surface area (TPSA) is 165 Å². The van der Waals surface area contributed by atoms with Crippen molar-refractivity contribution < 1.29 is 28.7 Å². The van der Waals surface area contributed by atoms with Gasteiger partial charge in [0.2, 0.25) is 17.8 Å². The van der Waals surface area contributed by atoms with Crippen LogP contribution in [-0.4, -0.2) is 126 Å². The van der Waals surface area contributed by atoms with Crippen molar-refractivity contribution in [1.29, 1.82) is 5.26 Å². The van der Waals surface area contributed by atoms with Gasteiger partial charge in [-0.15, -0.1) is 0 Å². The van der Waals surface area contributed by atoms with E-state index in [-0.39, 0.29) is 18.7 Å². The van der Waals surface area contributed by atoms with Crippen molar-refractivity contribution in [2.45, 2.75) is 69.7 Å². The van der Waals surface area contributed by atoms with Crippen LogP contribution >= 0.6 is 11.6 Å². The number of carbonyl (C=O) groups excluding carboxylic acids is 4. The number of benzene rings is 3. The lowest BCUT2D eigenvalue weighted by Gasteiger charge is -2.50.